The molecule has 7 heavy (non-hydrogen) atoms. The van der Waals surface area contributed by atoms with E-state index in [9.17, 15) is 4.79 Å². The number of aliphatic carboxylic acids is 1. The minimum Gasteiger partial charge on any atom is -0.481 e. The van der Waals surface area contributed by atoms with Gasteiger partial charge in [0.25, 0.3) is 0 Å². The third-order valence-corrected chi connectivity index (χ3v) is 0.464. The molecule has 0 aliphatic heterocycles. The van der Waals surface area contributed by atoms with Crippen LogP contribution in [0.4, 0.5) is 0 Å². The predicted molar refractivity (Wildman–Crippen MR) is 22.5 cm³/mol. The van der Waals surface area contributed by atoms with E-state index < -0.39 is 5.97 Å². The molecule has 39 valence electrons. The van der Waals surface area contributed by atoms with Crippen molar-refractivity contribution in [3.05, 3.63) is 0 Å². The number of carboxylic acid groups (broad SMARTS) is 1. The smallest absolute Gasteiger partial charge is 0.303 e. The van der Waals surface area contributed by atoms with Crippen molar-refractivity contribution < 1.29 is 51.2 Å². The first-order chi connectivity index (χ1) is 2.77. The van der Waals surface area contributed by atoms with Crippen LogP contribution in [0, 0.1) is 41.3 Å². The second kappa shape index (κ2) is 6.83. The molecule has 0 bridgehead atoms. The second-order valence-electron chi connectivity index (χ2n) is 1.14. The van der Waals surface area contributed by atoms with Gasteiger partial charge < -0.3 is 5.11 Å². The van der Waals surface area contributed by atoms with Gasteiger partial charge in [-0.25, -0.2) is 0 Å². The topological polar surface area (TPSA) is 37.3 Å². The molecule has 0 amide bonds. The zero-order chi connectivity index (χ0) is 4.99. The first-order valence-electron chi connectivity index (χ1n) is 1.99. The number of rotatable bonds is 2. The Labute approximate surface area is 76.2 Å². The van der Waals surface area contributed by atoms with E-state index in [2.05, 4.69) is 0 Å². The molecule has 0 atom stereocenters. The van der Waals surface area contributed by atoms with Crippen LogP contribution in [0.1, 0.15) is 19.8 Å². The second-order valence-corrected chi connectivity index (χ2v) is 1.14. The summed E-state index contributed by atoms with van der Waals surface area (Å²) in [5.74, 6) is -0.711. The van der Waals surface area contributed by atoms with Crippen LogP contribution in [0.25, 0.3) is 0 Å². The minimum absolute atomic E-state index is 0. The van der Waals surface area contributed by atoms with Gasteiger partial charge in [-0.05, 0) is 6.42 Å². The Morgan fingerprint density at radius 1 is 1.71 bits per heavy atom. The molecule has 0 aromatic carbocycles. The van der Waals surface area contributed by atoms with Crippen LogP contribution in [0.2, 0.25) is 0 Å². The standard InChI is InChI=1S/C4H8O2.Pr/c1-2-3-4(5)6;/h2-3H2,1H3,(H,5,6);. The van der Waals surface area contributed by atoms with E-state index in [4.69, 9.17) is 5.11 Å². The maximum absolute atomic E-state index is 9.60. The van der Waals surface area contributed by atoms with Gasteiger partial charge in [-0.2, -0.15) is 0 Å². The first-order valence-corrected chi connectivity index (χ1v) is 1.99. The Morgan fingerprint density at radius 3 is 2.14 bits per heavy atom. The summed E-state index contributed by atoms with van der Waals surface area (Å²) in [7, 11) is 0. The summed E-state index contributed by atoms with van der Waals surface area (Å²) in [5.41, 5.74) is 0. The quantitative estimate of drug-likeness (QED) is 0.762. The van der Waals surface area contributed by atoms with Crippen molar-refractivity contribution in [1.82, 2.24) is 0 Å². The van der Waals surface area contributed by atoms with Gasteiger partial charge in [0.1, 0.15) is 0 Å². The van der Waals surface area contributed by atoms with Crippen molar-refractivity contribution >= 4 is 5.97 Å². The van der Waals surface area contributed by atoms with Crippen molar-refractivity contribution in [3.63, 3.8) is 0 Å². The number of hydrogen-bond donors (Lipinski definition) is 1. The number of carboxylic acids is 1. The van der Waals surface area contributed by atoms with Crippen molar-refractivity contribution in [2.24, 2.45) is 0 Å². The summed E-state index contributed by atoms with van der Waals surface area (Å²) in [6, 6.07) is 0. The normalized spacial score (nSPS) is 7.00. The summed E-state index contributed by atoms with van der Waals surface area (Å²) in [4.78, 5) is 9.60. The molecule has 0 aliphatic carbocycles. The fraction of sp³-hybridized carbons (Fsp3) is 0.750. The van der Waals surface area contributed by atoms with Gasteiger partial charge in [-0.15, -0.1) is 0 Å². The Kier molecular flexibility index (Phi) is 10.5. The average Bonchev–Trinajstić information content (AvgIpc) is 1.35. The zero-order valence-electron chi connectivity index (χ0n) is 4.35. The van der Waals surface area contributed by atoms with Crippen LogP contribution in [0.15, 0.2) is 0 Å². The van der Waals surface area contributed by atoms with E-state index in [0.29, 0.717) is 6.42 Å². The molecule has 1 radical (unpaired) electrons. The minimum atomic E-state index is -0.711. The van der Waals surface area contributed by atoms with Crippen LogP contribution in [-0.4, -0.2) is 11.1 Å². The van der Waals surface area contributed by atoms with E-state index in [1.165, 1.54) is 0 Å². The van der Waals surface area contributed by atoms with Gasteiger partial charge in [0.05, 0.1) is 0 Å². The molecule has 0 heterocycles. The molecule has 3 heteroatoms. The van der Waals surface area contributed by atoms with Gasteiger partial charge in [0.2, 0.25) is 0 Å². The summed E-state index contributed by atoms with van der Waals surface area (Å²) in [6.45, 7) is 1.84. The SMILES string of the molecule is CCCC(=O)O.[Pr]. The van der Waals surface area contributed by atoms with Crippen LogP contribution < -0.4 is 0 Å². The van der Waals surface area contributed by atoms with Crippen molar-refractivity contribution in [2.75, 3.05) is 0 Å². The molecule has 0 aromatic heterocycles. The molecule has 0 unspecified atom stereocenters. The maximum atomic E-state index is 9.60. The van der Waals surface area contributed by atoms with Crippen molar-refractivity contribution in [2.45, 2.75) is 19.8 Å². The molecule has 1 N–H and O–H groups in total. The van der Waals surface area contributed by atoms with Gasteiger partial charge in [0, 0.05) is 47.7 Å². The Hall–Kier alpha value is 0.834. The summed E-state index contributed by atoms with van der Waals surface area (Å²) in [5, 5.41) is 7.91. The van der Waals surface area contributed by atoms with Crippen LogP contribution >= 0.6 is 0 Å². The summed E-state index contributed by atoms with van der Waals surface area (Å²) < 4.78 is 0. The fourth-order valence-electron chi connectivity index (χ4n) is 0.214. The number of hydrogen-bond acceptors (Lipinski definition) is 1. The van der Waals surface area contributed by atoms with Crippen LogP contribution in [-0.2, 0) is 4.79 Å². The largest absolute Gasteiger partial charge is 0.481 e. The van der Waals surface area contributed by atoms with E-state index in [-0.39, 0.29) is 41.3 Å². The van der Waals surface area contributed by atoms with E-state index in [1.807, 2.05) is 6.92 Å². The maximum Gasteiger partial charge on any atom is 0.303 e. The molecule has 0 saturated carbocycles. The summed E-state index contributed by atoms with van der Waals surface area (Å²) in [6.07, 6.45) is 1.02. The van der Waals surface area contributed by atoms with Crippen LogP contribution in [0.5, 0.6) is 0 Å². The monoisotopic (exact) mass is 229 g/mol. The van der Waals surface area contributed by atoms with E-state index >= 15 is 0 Å². The number of carbonyl (C=O) groups is 1. The summed E-state index contributed by atoms with van der Waals surface area (Å²) >= 11 is 0. The molecular formula is C4H8O2Pr. The predicted octanol–water partition coefficient (Wildman–Crippen LogP) is 0.871. The third kappa shape index (κ3) is 10.9. The Morgan fingerprint density at radius 2 is 2.14 bits per heavy atom. The average molecular weight is 229 g/mol. The van der Waals surface area contributed by atoms with E-state index in [0.717, 1.165) is 6.42 Å². The first kappa shape index (κ1) is 10.7. The molecule has 0 fully saturated rings. The Balaban J connectivity index is 0. The van der Waals surface area contributed by atoms with Crippen molar-refractivity contribution in [1.29, 1.82) is 0 Å². The molecule has 0 spiro atoms. The third-order valence-electron chi connectivity index (χ3n) is 0.464. The van der Waals surface area contributed by atoms with Gasteiger partial charge in [-0.1, -0.05) is 6.92 Å². The van der Waals surface area contributed by atoms with Gasteiger partial charge in [0.15, 0.2) is 0 Å². The van der Waals surface area contributed by atoms with Crippen LogP contribution in [0.3, 0.4) is 0 Å². The Bertz CT molecular complexity index is 53.7. The molecular weight excluding hydrogens is 221 g/mol. The van der Waals surface area contributed by atoms with Gasteiger partial charge in [-0.3, -0.25) is 4.79 Å². The molecule has 0 saturated heterocycles. The van der Waals surface area contributed by atoms with Gasteiger partial charge >= 0.3 is 5.97 Å². The zero-order valence-corrected chi connectivity index (χ0v) is 8.05. The molecule has 0 aromatic rings. The fourth-order valence-corrected chi connectivity index (χ4v) is 0.214. The van der Waals surface area contributed by atoms with Crippen molar-refractivity contribution in [3.8, 4) is 0 Å². The molecule has 0 aliphatic rings. The molecule has 0 rings (SSSR count). The van der Waals surface area contributed by atoms with E-state index in [1.54, 1.807) is 0 Å². The molecule has 2 nitrogen and oxygen atoms in total.